The smallest absolute Gasteiger partial charge is 0.414 e. The number of hydrogen-bond acceptors (Lipinski definition) is 4. The SMILES string of the molecule is O=C(O)C(=O)O.c1ccc(Cc2ccc(OCCn3ccnc3)cc2)cc1. The summed E-state index contributed by atoms with van der Waals surface area (Å²) in [5.41, 5.74) is 2.62. The summed E-state index contributed by atoms with van der Waals surface area (Å²) >= 11 is 0. The fourth-order valence-electron chi connectivity index (χ4n) is 2.22. The summed E-state index contributed by atoms with van der Waals surface area (Å²) in [6.45, 7) is 1.46. The lowest BCUT2D eigenvalue weighted by molar-refractivity contribution is -0.159. The number of hydrogen-bond donors (Lipinski definition) is 2. The van der Waals surface area contributed by atoms with Crippen LogP contribution in [0.4, 0.5) is 0 Å². The molecule has 7 heteroatoms. The van der Waals surface area contributed by atoms with Gasteiger partial charge in [-0.05, 0) is 29.7 Å². The molecule has 0 aliphatic carbocycles. The number of carboxylic acid groups (broad SMARTS) is 2. The normalized spacial score (nSPS) is 9.78. The van der Waals surface area contributed by atoms with Crippen LogP contribution in [0.15, 0.2) is 73.3 Å². The zero-order chi connectivity index (χ0) is 19.5. The van der Waals surface area contributed by atoms with Gasteiger partial charge in [0, 0.05) is 12.4 Å². The number of imidazole rings is 1. The second-order valence-electron chi connectivity index (χ2n) is 5.57. The summed E-state index contributed by atoms with van der Waals surface area (Å²) < 4.78 is 7.74. The number of aliphatic carboxylic acids is 2. The van der Waals surface area contributed by atoms with Gasteiger partial charge >= 0.3 is 11.9 Å². The highest BCUT2D eigenvalue weighted by Gasteiger charge is 2.04. The first kappa shape index (κ1) is 19.7. The van der Waals surface area contributed by atoms with Crippen molar-refractivity contribution in [3.63, 3.8) is 0 Å². The van der Waals surface area contributed by atoms with Crippen LogP contribution < -0.4 is 4.74 Å². The van der Waals surface area contributed by atoms with Gasteiger partial charge in [0.2, 0.25) is 0 Å². The van der Waals surface area contributed by atoms with Crippen molar-refractivity contribution in [2.24, 2.45) is 0 Å². The number of aromatic nitrogens is 2. The van der Waals surface area contributed by atoms with Crippen molar-refractivity contribution in [3.05, 3.63) is 84.4 Å². The van der Waals surface area contributed by atoms with E-state index in [1.54, 1.807) is 12.5 Å². The van der Waals surface area contributed by atoms with Gasteiger partial charge in [-0.2, -0.15) is 0 Å². The zero-order valence-corrected chi connectivity index (χ0v) is 14.6. The van der Waals surface area contributed by atoms with Crippen molar-refractivity contribution in [2.45, 2.75) is 13.0 Å². The Morgan fingerprint density at radius 1 is 0.926 bits per heavy atom. The van der Waals surface area contributed by atoms with Crippen molar-refractivity contribution in [3.8, 4) is 5.75 Å². The van der Waals surface area contributed by atoms with Crippen molar-refractivity contribution >= 4 is 11.9 Å². The van der Waals surface area contributed by atoms with Crippen molar-refractivity contribution in [1.82, 2.24) is 9.55 Å². The van der Waals surface area contributed by atoms with Gasteiger partial charge in [-0.25, -0.2) is 14.6 Å². The van der Waals surface area contributed by atoms with Gasteiger partial charge in [-0.1, -0.05) is 42.5 Å². The van der Waals surface area contributed by atoms with Gasteiger partial charge < -0.3 is 19.5 Å². The summed E-state index contributed by atoms with van der Waals surface area (Å²) in [7, 11) is 0. The van der Waals surface area contributed by atoms with E-state index in [-0.39, 0.29) is 0 Å². The number of carbonyl (C=O) groups is 2. The number of benzene rings is 2. The molecule has 2 aromatic carbocycles. The first-order valence-electron chi connectivity index (χ1n) is 8.22. The average molecular weight is 368 g/mol. The molecule has 1 aromatic heterocycles. The van der Waals surface area contributed by atoms with Crippen LogP contribution in [0.1, 0.15) is 11.1 Å². The van der Waals surface area contributed by atoms with Gasteiger partial charge in [0.25, 0.3) is 0 Å². The van der Waals surface area contributed by atoms with E-state index >= 15 is 0 Å². The molecule has 0 atom stereocenters. The minimum Gasteiger partial charge on any atom is -0.492 e. The van der Waals surface area contributed by atoms with Crippen molar-refractivity contribution in [1.29, 1.82) is 0 Å². The molecule has 0 unspecified atom stereocenters. The van der Waals surface area contributed by atoms with Gasteiger partial charge in [0.15, 0.2) is 0 Å². The molecule has 2 N–H and O–H groups in total. The van der Waals surface area contributed by atoms with Crippen LogP contribution in [-0.4, -0.2) is 38.3 Å². The molecule has 1 heterocycles. The fraction of sp³-hybridized carbons (Fsp3) is 0.150. The Hall–Kier alpha value is -3.61. The molecule has 7 nitrogen and oxygen atoms in total. The molecule has 0 fully saturated rings. The number of rotatable bonds is 6. The molecular weight excluding hydrogens is 348 g/mol. The van der Waals surface area contributed by atoms with Crippen LogP contribution in [0, 0.1) is 0 Å². The first-order valence-corrected chi connectivity index (χ1v) is 8.22. The molecule has 0 aliphatic rings. The Morgan fingerprint density at radius 2 is 1.56 bits per heavy atom. The molecule has 140 valence electrons. The first-order chi connectivity index (χ1) is 13.0. The van der Waals surface area contributed by atoms with E-state index in [9.17, 15) is 0 Å². The average Bonchev–Trinajstić information content (AvgIpc) is 3.18. The number of nitrogens with zero attached hydrogens (tertiary/aromatic N) is 2. The van der Waals surface area contributed by atoms with Crippen LogP contribution in [-0.2, 0) is 22.6 Å². The molecular formula is C20H20N2O5. The topological polar surface area (TPSA) is 102 Å². The fourth-order valence-corrected chi connectivity index (χ4v) is 2.22. The Kier molecular flexibility index (Phi) is 7.59. The van der Waals surface area contributed by atoms with E-state index in [0.29, 0.717) is 6.61 Å². The third-order valence-electron chi connectivity index (χ3n) is 3.53. The van der Waals surface area contributed by atoms with Crippen LogP contribution >= 0.6 is 0 Å². The second kappa shape index (κ2) is 10.4. The molecule has 3 rings (SSSR count). The quantitative estimate of drug-likeness (QED) is 0.649. The van der Waals surface area contributed by atoms with E-state index < -0.39 is 11.9 Å². The number of carboxylic acids is 2. The van der Waals surface area contributed by atoms with E-state index in [0.717, 1.165) is 18.7 Å². The summed E-state index contributed by atoms with van der Waals surface area (Å²) in [5.74, 6) is -2.74. The molecule has 27 heavy (non-hydrogen) atoms. The standard InChI is InChI=1S/C18H18N2O.C2H2O4/c1-2-4-16(5-3-1)14-17-6-8-18(9-7-17)21-13-12-20-11-10-19-15-20;3-1(4)2(5)6/h1-11,15H,12-14H2;(H,3,4)(H,5,6). The lowest BCUT2D eigenvalue weighted by Gasteiger charge is -2.08. The Morgan fingerprint density at radius 3 is 2.11 bits per heavy atom. The van der Waals surface area contributed by atoms with E-state index in [1.807, 2.05) is 29.0 Å². The van der Waals surface area contributed by atoms with E-state index in [4.69, 9.17) is 24.5 Å². The highest BCUT2D eigenvalue weighted by atomic mass is 16.5. The Labute approximate surface area is 156 Å². The highest BCUT2D eigenvalue weighted by molar-refractivity contribution is 6.27. The Bertz CT molecular complexity index is 819. The summed E-state index contributed by atoms with van der Waals surface area (Å²) in [5, 5.41) is 14.8. The molecule has 0 aliphatic heterocycles. The lowest BCUT2D eigenvalue weighted by atomic mass is 10.1. The maximum absolute atomic E-state index is 9.10. The summed E-state index contributed by atoms with van der Waals surface area (Å²) in [6, 6.07) is 18.8. The minimum absolute atomic E-state index is 0.647. The molecule has 0 radical (unpaired) electrons. The van der Waals surface area contributed by atoms with Crippen molar-refractivity contribution in [2.75, 3.05) is 6.61 Å². The van der Waals surface area contributed by atoms with Crippen molar-refractivity contribution < 1.29 is 24.5 Å². The van der Waals surface area contributed by atoms with E-state index in [1.165, 1.54) is 11.1 Å². The third-order valence-corrected chi connectivity index (χ3v) is 3.53. The minimum atomic E-state index is -1.82. The largest absolute Gasteiger partial charge is 0.492 e. The predicted octanol–water partition coefficient (Wildman–Crippen LogP) is 2.71. The monoisotopic (exact) mass is 368 g/mol. The summed E-state index contributed by atoms with van der Waals surface area (Å²) in [6.07, 6.45) is 6.47. The Balaban J connectivity index is 0.000000380. The third kappa shape index (κ3) is 7.43. The van der Waals surface area contributed by atoms with E-state index in [2.05, 4.69) is 41.4 Å². The van der Waals surface area contributed by atoms with Crippen LogP contribution in [0.25, 0.3) is 0 Å². The van der Waals surface area contributed by atoms with Crippen LogP contribution in [0.2, 0.25) is 0 Å². The molecule has 0 amide bonds. The second-order valence-corrected chi connectivity index (χ2v) is 5.57. The molecule has 0 bridgehead atoms. The lowest BCUT2D eigenvalue weighted by Crippen LogP contribution is -2.09. The molecule has 0 saturated heterocycles. The maximum atomic E-state index is 9.10. The van der Waals surface area contributed by atoms with Crippen LogP contribution in [0.3, 0.4) is 0 Å². The van der Waals surface area contributed by atoms with Gasteiger partial charge in [-0.3, -0.25) is 0 Å². The van der Waals surface area contributed by atoms with Gasteiger partial charge in [0.1, 0.15) is 12.4 Å². The molecule has 3 aromatic rings. The van der Waals surface area contributed by atoms with Crippen LogP contribution in [0.5, 0.6) is 5.75 Å². The van der Waals surface area contributed by atoms with Gasteiger partial charge in [0.05, 0.1) is 12.9 Å². The highest BCUT2D eigenvalue weighted by Crippen LogP contribution is 2.15. The number of ether oxygens (including phenoxy) is 1. The predicted molar refractivity (Wildman–Crippen MR) is 98.7 cm³/mol. The summed E-state index contributed by atoms with van der Waals surface area (Å²) in [4.78, 5) is 22.2. The molecule has 0 saturated carbocycles. The van der Waals surface area contributed by atoms with Gasteiger partial charge in [-0.15, -0.1) is 0 Å². The zero-order valence-electron chi connectivity index (χ0n) is 14.6. The maximum Gasteiger partial charge on any atom is 0.414 e. The molecule has 0 spiro atoms.